The first-order valence-electron chi connectivity index (χ1n) is 8.40. The fourth-order valence-electron chi connectivity index (χ4n) is 3.85. The molecule has 1 N–H and O–H groups in total. The van der Waals surface area contributed by atoms with Crippen LogP contribution >= 0.6 is 12.4 Å². The number of aromatic nitrogens is 2. The van der Waals surface area contributed by atoms with Crippen molar-refractivity contribution in [3.8, 4) is 0 Å². The second-order valence-electron chi connectivity index (χ2n) is 6.60. The van der Waals surface area contributed by atoms with Gasteiger partial charge in [0.25, 0.3) is 0 Å². The van der Waals surface area contributed by atoms with E-state index < -0.39 is 0 Å². The van der Waals surface area contributed by atoms with E-state index in [1.54, 1.807) is 0 Å². The van der Waals surface area contributed by atoms with Crippen molar-refractivity contribution in [2.45, 2.75) is 25.9 Å². The lowest BCUT2D eigenvalue weighted by Crippen LogP contribution is -2.49. The second-order valence-corrected chi connectivity index (χ2v) is 6.60. The van der Waals surface area contributed by atoms with E-state index in [1.165, 1.54) is 43.9 Å². The van der Waals surface area contributed by atoms with Gasteiger partial charge in [0.1, 0.15) is 5.65 Å². The molecule has 126 valence electrons. The van der Waals surface area contributed by atoms with E-state index in [9.17, 15) is 0 Å². The number of pyridine rings is 1. The first-order valence-corrected chi connectivity index (χ1v) is 8.40. The van der Waals surface area contributed by atoms with Crippen molar-refractivity contribution >= 4 is 18.1 Å². The highest BCUT2D eigenvalue weighted by Crippen LogP contribution is 2.19. The van der Waals surface area contributed by atoms with Gasteiger partial charge < -0.3 is 9.72 Å². The second kappa shape index (κ2) is 7.18. The summed E-state index contributed by atoms with van der Waals surface area (Å²) in [5.41, 5.74) is 3.64. The monoisotopic (exact) mass is 335 g/mol. The standard InChI is InChI=1S/C17H25N5.ClH/c1-14-3-2-7-22-16(11-19-17(14)22)13-20-8-4-15(12-20)21-9-5-18-6-10-21;/h2-3,7,11,15,18H,4-6,8-10,12-13H2,1H3;1H. The topological polar surface area (TPSA) is 35.8 Å². The average molecular weight is 336 g/mol. The van der Waals surface area contributed by atoms with Crippen molar-refractivity contribution < 1.29 is 0 Å². The third kappa shape index (κ3) is 3.38. The number of nitrogens with zero attached hydrogens (tertiary/aromatic N) is 4. The van der Waals surface area contributed by atoms with Crippen molar-refractivity contribution in [1.29, 1.82) is 0 Å². The molecule has 4 rings (SSSR count). The molecule has 0 bridgehead atoms. The third-order valence-electron chi connectivity index (χ3n) is 5.11. The molecule has 5 nitrogen and oxygen atoms in total. The summed E-state index contributed by atoms with van der Waals surface area (Å²) in [6, 6.07) is 4.98. The van der Waals surface area contributed by atoms with Gasteiger partial charge in [0.05, 0.1) is 11.9 Å². The zero-order valence-electron chi connectivity index (χ0n) is 13.7. The number of likely N-dealkylation sites (tertiary alicyclic amines) is 1. The summed E-state index contributed by atoms with van der Waals surface area (Å²) in [6.45, 7) is 10.2. The summed E-state index contributed by atoms with van der Waals surface area (Å²) in [6.07, 6.45) is 5.48. The number of fused-ring (bicyclic) bond motifs is 1. The third-order valence-corrected chi connectivity index (χ3v) is 5.11. The predicted octanol–water partition coefficient (Wildman–Crippen LogP) is 1.54. The maximum atomic E-state index is 4.59. The number of hydrogen-bond donors (Lipinski definition) is 1. The first kappa shape index (κ1) is 16.7. The molecule has 0 amide bonds. The molecule has 0 aliphatic carbocycles. The Bertz CT molecular complexity index is 649. The Hall–Kier alpha value is -1.14. The molecule has 4 heterocycles. The van der Waals surface area contributed by atoms with E-state index in [-0.39, 0.29) is 12.4 Å². The molecule has 2 aliphatic rings. The summed E-state index contributed by atoms with van der Waals surface area (Å²) < 4.78 is 2.24. The molecule has 1 unspecified atom stereocenters. The predicted molar refractivity (Wildman–Crippen MR) is 95.3 cm³/mol. The summed E-state index contributed by atoms with van der Waals surface area (Å²) in [5.74, 6) is 0. The van der Waals surface area contributed by atoms with Crippen LogP contribution in [-0.4, -0.2) is 64.5 Å². The minimum absolute atomic E-state index is 0. The summed E-state index contributed by atoms with van der Waals surface area (Å²) >= 11 is 0. The van der Waals surface area contributed by atoms with Crippen LogP contribution in [0.25, 0.3) is 5.65 Å². The number of halogens is 1. The normalized spacial score (nSPS) is 23.3. The van der Waals surface area contributed by atoms with E-state index in [0.717, 1.165) is 31.3 Å². The molecule has 1 atom stereocenters. The van der Waals surface area contributed by atoms with Gasteiger partial charge in [0.15, 0.2) is 0 Å². The molecule has 2 aromatic heterocycles. The van der Waals surface area contributed by atoms with Gasteiger partial charge in [-0.3, -0.25) is 9.80 Å². The molecule has 2 fully saturated rings. The smallest absolute Gasteiger partial charge is 0.139 e. The van der Waals surface area contributed by atoms with Crippen molar-refractivity contribution in [2.75, 3.05) is 39.3 Å². The molecule has 0 radical (unpaired) electrons. The Morgan fingerprint density at radius 1 is 1.26 bits per heavy atom. The average Bonchev–Trinajstić information content (AvgIpc) is 3.17. The van der Waals surface area contributed by atoms with Crippen LogP contribution in [-0.2, 0) is 6.54 Å². The highest BCUT2D eigenvalue weighted by molar-refractivity contribution is 5.85. The van der Waals surface area contributed by atoms with Gasteiger partial charge in [0, 0.05) is 58.1 Å². The van der Waals surface area contributed by atoms with Gasteiger partial charge in [-0.05, 0) is 25.0 Å². The van der Waals surface area contributed by atoms with Crippen LogP contribution < -0.4 is 5.32 Å². The first-order chi connectivity index (χ1) is 10.8. The Labute approximate surface area is 144 Å². The Morgan fingerprint density at radius 2 is 2.09 bits per heavy atom. The highest BCUT2D eigenvalue weighted by Gasteiger charge is 2.28. The maximum absolute atomic E-state index is 4.59. The van der Waals surface area contributed by atoms with Crippen LogP contribution in [0.3, 0.4) is 0 Å². The van der Waals surface area contributed by atoms with Crippen molar-refractivity contribution in [3.05, 3.63) is 35.8 Å². The Balaban J connectivity index is 0.00000156. The van der Waals surface area contributed by atoms with Crippen LogP contribution in [0, 0.1) is 6.92 Å². The molecule has 0 aromatic carbocycles. The summed E-state index contributed by atoms with van der Waals surface area (Å²) in [4.78, 5) is 9.83. The number of aryl methyl sites for hydroxylation is 1. The molecule has 0 spiro atoms. The highest BCUT2D eigenvalue weighted by atomic mass is 35.5. The molecule has 2 saturated heterocycles. The fourth-order valence-corrected chi connectivity index (χ4v) is 3.85. The summed E-state index contributed by atoms with van der Waals surface area (Å²) in [7, 11) is 0. The SMILES string of the molecule is Cc1cccn2c(CN3CCC(N4CCNCC4)C3)cnc12.Cl. The molecule has 6 heteroatoms. The molecule has 23 heavy (non-hydrogen) atoms. The number of nitrogens with one attached hydrogen (secondary N) is 1. The lowest BCUT2D eigenvalue weighted by atomic mass is 10.2. The van der Waals surface area contributed by atoms with Crippen molar-refractivity contribution in [2.24, 2.45) is 0 Å². The number of imidazole rings is 1. The van der Waals surface area contributed by atoms with Crippen molar-refractivity contribution in [3.63, 3.8) is 0 Å². The largest absolute Gasteiger partial charge is 0.314 e. The zero-order chi connectivity index (χ0) is 14.9. The summed E-state index contributed by atoms with van der Waals surface area (Å²) in [5, 5.41) is 3.44. The molecule has 2 aromatic rings. The van der Waals surface area contributed by atoms with Crippen LogP contribution in [0.5, 0.6) is 0 Å². The Morgan fingerprint density at radius 3 is 2.91 bits per heavy atom. The van der Waals surface area contributed by atoms with Gasteiger partial charge in [-0.1, -0.05) is 6.07 Å². The molecule has 2 aliphatic heterocycles. The van der Waals surface area contributed by atoms with Gasteiger partial charge >= 0.3 is 0 Å². The Kier molecular flexibility index (Phi) is 5.21. The molecular weight excluding hydrogens is 310 g/mol. The maximum Gasteiger partial charge on any atom is 0.139 e. The van der Waals surface area contributed by atoms with Gasteiger partial charge in [-0.15, -0.1) is 12.4 Å². The van der Waals surface area contributed by atoms with Crippen LogP contribution in [0.4, 0.5) is 0 Å². The van der Waals surface area contributed by atoms with Crippen LogP contribution in [0.15, 0.2) is 24.5 Å². The van der Waals surface area contributed by atoms with E-state index in [0.29, 0.717) is 0 Å². The minimum Gasteiger partial charge on any atom is -0.314 e. The lowest BCUT2D eigenvalue weighted by Gasteiger charge is -2.32. The lowest BCUT2D eigenvalue weighted by molar-refractivity contribution is 0.170. The van der Waals surface area contributed by atoms with E-state index in [1.807, 2.05) is 6.20 Å². The number of hydrogen-bond acceptors (Lipinski definition) is 4. The fraction of sp³-hybridized carbons (Fsp3) is 0.588. The number of piperazine rings is 1. The van der Waals surface area contributed by atoms with E-state index >= 15 is 0 Å². The van der Waals surface area contributed by atoms with Gasteiger partial charge in [-0.2, -0.15) is 0 Å². The van der Waals surface area contributed by atoms with Gasteiger partial charge in [-0.25, -0.2) is 4.98 Å². The zero-order valence-corrected chi connectivity index (χ0v) is 14.6. The van der Waals surface area contributed by atoms with Crippen LogP contribution in [0.1, 0.15) is 17.7 Å². The van der Waals surface area contributed by atoms with Gasteiger partial charge in [0.2, 0.25) is 0 Å². The van der Waals surface area contributed by atoms with E-state index in [4.69, 9.17) is 0 Å². The van der Waals surface area contributed by atoms with E-state index in [2.05, 4.69) is 49.8 Å². The van der Waals surface area contributed by atoms with Crippen molar-refractivity contribution in [1.82, 2.24) is 24.5 Å². The van der Waals surface area contributed by atoms with Crippen LogP contribution in [0.2, 0.25) is 0 Å². The quantitative estimate of drug-likeness (QED) is 0.923. The molecule has 0 saturated carbocycles. The number of rotatable bonds is 3. The molecular formula is C17H26ClN5. The minimum atomic E-state index is 0.